The summed E-state index contributed by atoms with van der Waals surface area (Å²) in [6, 6.07) is 13.6. The fourth-order valence-electron chi connectivity index (χ4n) is 2.47. The molecule has 0 unspecified atom stereocenters. The van der Waals surface area contributed by atoms with Crippen LogP contribution in [0.25, 0.3) is 11.1 Å². The molecule has 2 aromatic carbocycles. The average molecular weight is 420 g/mol. The number of halogens is 2. The molecule has 0 fully saturated rings. The Kier molecular flexibility index (Phi) is 6.16. The summed E-state index contributed by atoms with van der Waals surface area (Å²) in [5, 5.41) is 6.18. The van der Waals surface area contributed by atoms with Gasteiger partial charge in [0.2, 0.25) is 0 Å². The summed E-state index contributed by atoms with van der Waals surface area (Å²) in [4.78, 5) is 25.1. The van der Waals surface area contributed by atoms with Gasteiger partial charge in [0, 0.05) is 26.6 Å². The molecule has 138 valence electrons. The van der Waals surface area contributed by atoms with E-state index < -0.39 is 5.97 Å². The van der Waals surface area contributed by atoms with Crippen molar-refractivity contribution in [2.45, 2.75) is 6.92 Å². The van der Waals surface area contributed by atoms with Gasteiger partial charge in [0.05, 0.1) is 6.61 Å². The lowest BCUT2D eigenvalue weighted by Gasteiger charge is -2.09. The number of rotatable bonds is 5. The molecule has 0 aliphatic rings. The Balaban J connectivity index is 1.97. The van der Waals surface area contributed by atoms with E-state index in [4.69, 9.17) is 27.9 Å². The number of hydrogen-bond donors (Lipinski definition) is 1. The van der Waals surface area contributed by atoms with Gasteiger partial charge in [-0.2, -0.15) is 0 Å². The van der Waals surface area contributed by atoms with E-state index in [2.05, 4.69) is 5.32 Å². The second kappa shape index (κ2) is 8.57. The SMILES string of the molecule is CCOC(=O)c1c(-c2ccc(Cl)cc2)csc1NC(=O)c1ccc(Cl)cc1. The van der Waals surface area contributed by atoms with E-state index in [1.165, 1.54) is 11.3 Å². The third kappa shape index (κ3) is 4.50. The molecular weight excluding hydrogens is 405 g/mol. The summed E-state index contributed by atoms with van der Waals surface area (Å²) in [6.45, 7) is 1.97. The zero-order valence-electron chi connectivity index (χ0n) is 14.3. The van der Waals surface area contributed by atoms with Crippen molar-refractivity contribution in [2.75, 3.05) is 11.9 Å². The van der Waals surface area contributed by atoms with E-state index in [1.807, 2.05) is 17.5 Å². The topological polar surface area (TPSA) is 55.4 Å². The predicted octanol–water partition coefficient (Wildman–Crippen LogP) is 6.15. The molecule has 1 amide bonds. The highest BCUT2D eigenvalue weighted by Crippen LogP contribution is 2.37. The standard InChI is InChI=1S/C20H15Cl2NO3S/c1-2-26-20(25)17-16(12-3-7-14(21)8-4-12)11-27-19(17)23-18(24)13-5-9-15(22)10-6-13/h3-11H,2H2,1H3,(H,23,24). The van der Waals surface area contributed by atoms with Crippen molar-refractivity contribution in [3.8, 4) is 11.1 Å². The minimum absolute atomic E-state index is 0.235. The summed E-state index contributed by atoms with van der Waals surface area (Å²) in [7, 11) is 0. The van der Waals surface area contributed by atoms with Crippen LogP contribution in [0, 0.1) is 0 Å². The van der Waals surface area contributed by atoms with E-state index in [0.717, 1.165) is 5.56 Å². The third-order valence-electron chi connectivity index (χ3n) is 3.76. The van der Waals surface area contributed by atoms with Gasteiger partial charge in [-0.1, -0.05) is 35.3 Å². The molecule has 3 aromatic rings. The first-order chi connectivity index (χ1) is 13.0. The van der Waals surface area contributed by atoms with Gasteiger partial charge in [-0.15, -0.1) is 11.3 Å². The molecule has 7 heteroatoms. The van der Waals surface area contributed by atoms with Crippen molar-refractivity contribution in [1.29, 1.82) is 0 Å². The van der Waals surface area contributed by atoms with Crippen molar-refractivity contribution in [3.05, 3.63) is 75.1 Å². The van der Waals surface area contributed by atoms with E-state index in [1.54, 1.807) is 43.3 Å². The predicted molar refractivity (Wildman–Crippen MR) is 110 cm³/mol. The van der Waals surface area contributed by atoms with Gasteiger partial charge in [0.15, 0.2) is 0 Å². The molecule has 0 saturated carbocycles. The van der Waals surface area contributed by atoms with Crippen LogP contribution in [0.2, 0.25) is 10.0 Å². The van der Waals surface area contributed by atoms with Crippen LogP contribution < -0.4 is 5.32 Å². The number of benzene rings is 2. The molecule has 0 atom stereocenters. The van der Waals surface area contributed by atoms with Crippen LogP contribution >= 0.6 is 34.5 Å². The lowest BCUT2D eigenvalue weighted by Crippen LogP contribution is -2.14. The average Bonchev–Trinajstić information content (AvgIpc) is 3.06. The van der Waals surface area contributed by atoms with Gasteiger partial charge in [0.25, 0.3) is 5.91 Å². The molecule has 1 N–H and O–H groups in total. The fourth-order valence-corrected chi connectivity index (χ4v) is 3.68. The summed E-state index contributed by atoms with van der Waals surface area (Å²) in [5.74, 6) is -0.822. The van der Waals surface area contributed by atoms with Crippen molar-refractivity contribution in [1.82, 2.24) is 0 Å². The molecular formula is C20H15Cl2NO3S. The molecule has 4 nitrogen and oxygen atoms in total. The van der Waals surface area contributed by atoms with E-state index in [9.17, 15) is 9.59 Å². The zero-order valence-corrected chi connectivity index (χ0v) is 16.6. The molecule has 0 spiro atoms. The highest BCUT2D eigenvalue weighted by molar-refractivity contribution is 7.15. The molecule has 0 aliphatic carbocycles. The van der Waals surface area contributed by atoms with Gasteiger partial charge in [-0.05, 0) is 48.9 Å². The highest BCUT2D eigenvalue weighted by Gasteiger charge is 2.23. The Labute approximate surface area is 170 Å². The smallest absolute Gasteiger partial charge is 0.341 e. The van der Waals surface area contributed by atoms with Gasteiger partial charge in [-0.25, -0.2) is 4.79 Å². The Morgan fingerprint density at radius 1 is 1.00 bits per heavy atom. The maximum atomic E-state index is 12.5. The molecule has 0 saturated heterocycles. The summed E-state index contributed by atoms with van der Waals surface area (Å²) >= 11 is 13.1. The maximum absolute atomic E-state index is 12.5. The first-order valence-electron chi connectivity index (χ1n) is 8.11. The van der Waals surface area contributed by atoms with Crippen LogP contribution in [-0.4, -0.2) is 18.5 Å². The summed E-state index contributed by atoms with van der Waals surface area (Å²) in [6.07, 6.45) is 0. The number of esters is 1. The van der Waals surface area contributed by atoms with Crippen LogP contribution in [0.4, 0.5) is 5.00 Å². The summed E-state index contributed by atoms with van der Waals surface area (Å²) in [5.41, 5.74) is 2.26. The van der Waals surface area contributed by atoms with Crippen LogP contribution in [-0.2, 0) is 4.74 Å². The molecule has 0 radical (unpaired) electrons. The minimum Gasteiger partial charge on any atom is -0.462 e. The van der Waals surface area contributed by atoms with Gasteiger partial charge < -0.3 is 10.1 Å². The van der Waals surface area contributed by atoms with Gasteiger partial charge in [-0.3, -0.25) is 4.79 Å². The van der Waals surface area contributed by atoms with Crippen molar-refractivity contribution >= 4 is 51.4 Å². The second-order valence-corrected chi connectivity index (χ2v) is 7.29. The lowest BCUT2D eigenvalue weighted by molar-refractivity contribution is 0.0529. The number of amides is 1. The minimum atomic E-state index is -0.491. The number of nitrogens with one attached hydrogen (secondary N) is 1. The molecule has 3 rings (SSSR count). The molecule has 0 aliphatic heterocycles. The maximum Gasteiger partial charge on any atom is 0.341 e. The van der Waals surface area contributed by atoms with Crippen molar-refractivity contribution < 1.29 is 14.3 Å². The quantitative estimate of drug-likeness (QED) is 0.504. The number of carbonyl (C=O) groups is 2. The molecule has 1 heterocycles. The van der Waals surface area contributed by atoms with Crippen LogP contribution in [0.3, 0.4) is 0 Å². The first-order valence-corrected chi connectivity index (χ1v) is 9.74. The molecule has 27 heavy (non-hydrogen) atoms. The molecule has 0 bridgehead atoms. The van der Waals surface area contributed by atoms with Crippen LogP contribution in [0.5, 0.6) is 0 Å². The highest BCUT2D eigenvalue weighted by atomic mass is 35.5. The Hall–Kier alpha value is -2.34. The first kappa shape index (κ1) is 19.4. The number of carbonyl (C=O) groups excluding carboxylic acids is 2. The molecule has 1 aromatic heterocycles. The van der Waals surface area contributed by atoms with Crippen molar-refractivity contribution in [2.24, 2.45) is 0 Å². The number of anilines is 1. The number of hydrogen-bond acceptors (Lipinski definition) is 4. The van der Waals surface area contributed by atoms with Gasteiger partial charge >= 0.3 is 5.97 Å². The van der Waals surface area contributed by atoms with E-state index in [0.29, 0.717) is 31.7 Å². The van der Waals surface area contributed by atoms with E-state index in [-0.39, 0.29) is 12.5 Å². The van der Waals surface area contributed by atoms with Crippen LogP contribution in [0.1, 0.15) is 27.6 Å². The van der Waals surface area contributed by atoms with E-state index >= 15 is 0 Å². The van der Waals surface area contributed by atoms with Crippen molar-refractivity contribution in [3.63, 3.8) is 0 Å². The fraction of sp³-hybridized carbons (Fsp3) is 0.100. The zero-order chi connectivity index (χ0) is 19.4. The lowest BCUT2D eigenvalue weighted by atomic mass is 10.0. The Morgan fingerprint density at radius 3 is 2.19 bits per heavy atom. The summed E-state index contributed by atoms with van der Waals surface area (Å²) < 4.78 is 5.19. The second-order valence-electron chi connectivity index (χ2n) is 5.54. The Bertz CT molecular complexity index is 966. The normalized spacial score (nSPS) is 10.5. The number of ether oxygens (including phenoxy) is 1. The third-order valence-corrected chi connectivity index (χ3v) is 5.16. The largest absolute Gasteiger partial charge is 0.462 e. The van der Waals surface area contributed by atoms with Gasteiger partial charge in [0.1, 0.15) is 10.6 Å². The Morgan fingerprint density at radius 2 is 1.59 bits per heavy atom. The monoisotopic (exact) mass is 419 g/mol. The number of thiophene rings is 1. The van der Waals surface area contributed by atoms with Crippen LogP contribution in [0.15, 0.2) is 53.9 Å².